The van der Waals surface area contributed by atoms with E-state index in [4.69, 9.17) is 0 Å². The molecule has 2 aromatic heterocycles. The van der Waals surface area contributed by atoms with Gasteiger partial charge in [0.05, 0.1) is 0 Å². The average molecular weight is 296 g/mol. The van der Waals surface area contributed by atoms with Gasteiger partial charge in [-0.1, -0.05) is 53.7 Å². The number of hydrogen-bond donors (Lipinski definition) is 0. The predicted molar refractivity (Wildman–Crippen MR) is 93.4 cm³/mol. The molecule has 0 bridgehead atoms. The summed E-state index contributed by atoms with van der Waals surface area (Å²) in [6, 6.07) is 8.73. The molecular formula is C20H28N2. The van der Waals surface area contributed by atoms with Crippen LogP contribution in [0.2, 0.25) is 0 Å². The summed E-state index contributed by atoms with van der Waals surface area (Å²) < 4.78 is 0. The van der Waals surface area contributed by atoms with Crippen LogP contribution in [0, 0.1) is 0 Å². The quantitative estimate of drug-likeness (QED) is 0.753. The lowest BCUT2D eigenvalue weighted by Gasteiger charge is -2.25. The summed E-state index contributed by atoms with van der Waals surface area (Å²) in [6.07, 6.45) is 5.03. The van der Waals surface area contributed by atoms with Crippen LogP contribution < -0.4 is 0 Å². The molecule has 118 valence electrons. The third kappa shape index (κ3) is 3.94. The maximum atomic E-state index is 4.61. The molecule has 0 saturated heterocycles. The highest BCUT2D eigenvalue weighted by Crippen LogP contribution is 2.28. The van der Waals surface area contributed by atoms with Crippen molar-refractivity contribution in [2.75, 3.05) is 0 Å². The van der Waals surface area contributed by atoms with Gasteiger partial charge in [0.2, 0.25) is 0 Å². The Bertz CT molecular complexity index is 593. The molecule has 22 heavy (non-hydrogen) atoms. The van der Waals surface area contributed by atoms with E-state index in [9.17, 15) is 0 Å². The van der Waals surface area contributed by atoms with Gasteiger partial charge in [-0.25, -0.2) is 0 Å². The van der Waals surface area contributed by atoms with E-state index < -0.39 is 0 Å². The topological polar surface area (TPSA) is 25.8 Å². The van der Waals surface area contributed by atoms with Gasteiger partial charge >= 0.3 is 0 Å². The maximum absolute atomic E-state index is 4.61. The van der Waals surface area contributed by atoms with Crippen LogP contribution in [0.25, 0.3) is 0 Å². The van der Waals surface area contributed by atoms with E-state index in [1.54, 1.807) is 0 Å². The van der Waals surface area contributed by atoms with E-state index in [1.165, 1.54) is 11.1 Å². The zero-order chi connectivity index (χ0) is 16.3. The fourth-order valence-corrected chi connectivity index (χ4v) is 2.64. The number of rotatable bonds is 5. The van der Waals surface area contributed by atoms with Crippen molar-refractivity contribution in [3.05, 3.63) is 59.2 Å². The van der Waals surface area contributed by atoms with E-state index in [0.29, 0.717) is 11.8 Å². The zero-order valence-electron chi connectivity index (χ0n) is 14.7. The first kappa shape index (κ1) is 16.7. The molecule has 2 rings (SSSR count). The van der Waals surface area contributed by atoms with Crippen LogP contribution in [0.1, 0.15) is 75.9 Å². The summed E-state index contributed by atoms with van der Waals surface area (Å²) in [4.78, 5) is 9.19. The monoisotopic (exact) mass is 296 g/mol. The van der Waals surface area contributed by atoms with E-state index in [1.807, 2.05) is 12.4 Å². The van der Waals surface area contributed by atoms with Gasteiger partial charge < -0.3 is 0 Å². The molecule has 0 N–H and O–H groups in total. The SMILES string of the molecule is CC(C)c1ccc(CC(C)(C)c2ccc(C(C)C)nc2)cn1. The third-order valence-corrected chi connectivity index (χ3v) is 4.24. The molecule has 0 amide bonds. The summed E-state index contributed by atoms with van der Waals surface area (Å²) >= 11 is 0. The van der Waals surface area contributed by atoms with Gasteiger partial charge in [-0.3, -0.25) is 9.97 Å². The Morgan fingerprint density at radius 2 is 1.36 bits per heavy atom. The van der Waals surface area contributed by atoms with Gasteiger partial charge in [-0.2, -0.15) is 0 Å². The van der Waals surface area contributed by atoms with Crippen molar-refractivity contribution in [1.29, 1.82) is 0 Å². The molecule has 0 aromatic carbocycles. The Hall–Kier alpha value is -1.70. The lowest BCUT2D eigenvalue weighted by Crippen LogP contribution is -2.21. The first-order valence-corrected chi connectivity index (χ1v) is 8.21. The highest BCUT2D eigenvalue weighted by atomic mass is 14.7. The molecular weight excluding hydrogens is 268 g/mol. The summed E-state index contributed by atoms with van der Waals surface area (Å²) in [5, 5.41) is 0. The molecule has 2 nitrogen and oxygen atoms in total. The van der Waals surface area contributed by atoms with Crippen molar-refractivity contribution in [3.8, 4) is 0 Å². The summed E-state index contributed by atoms with van der Waals surface area (Å²) in [7, 11) is 0. The van der Waals surface area contributed by atoms with E-state index >= 15 is 0 Å². The minimum absolute atomic E-state index is 0.0591. The normalized spacial score (nSPS) is 12.2. The predicted octanol–water partition coefficient (Wildman–Crippen LogP) is 5.24. The van der Waals surface area contributed by atoms with Crippen molar-refractivity contribution in [3.63, 3.8) is 0 Å². The fourth-order valence-electron chi connectivity index (χ4n) is 2.64. The Kier molecular flexibility index (Phi) is 5.00. The van der Waals surface area contributed by atoms with Crippen LogP contribution in [0.15, 0.2) is 36.7 Å². The molecule has 0 atom stereocenters. The molecule has 2 heteroatoms. The van der Waals surface area contributed by atoms with Crippen LogP contribution in [0.5, 0.6) is 0 Å². The van der Waals surface area contributed by atoms with E-state index in [2.05, 4.69) is 75.8 Å². The second kappa shape index (κ2) is 6.60. The fraction of sp³-hybridized carbons (Fsp3) is 0.500. The van der Waals surface area contributed by atoms with Gasteiger partial charge in [0.25, 0.3) is 0 Å². The Labute approximate surface area is 135 Å². The van der Waals surface area contributed by atoms with Crippen molar-refractivity contribution in [2.45, 2.75) is 65.2 Å². The minimum atomic E-state index is 0.0591. The van der Waals surface area contributed by atoms with Crippen molar-refractivity contribution in [2.24, 2.45) is 0 Å². The molecule has 0 saturated carbocycles. The molecule has 0 aliphatic heterocycles. The summed E-state index contributed by atoms with van der Waals surface area (Å²) in [5.74, 6) is 0.958. The van der Waals surface area contributed by atoms with Crippen LogP contribution >= 0.6 is 0 Å². The smallest absolute Gasteiger partial charge is 0.0429 e. The van der Waals surface area contributed by atoms with E-state index in [-0.39, 0.29) is 5.41 Å². The van der Waals surface area contributed by atoms with Crippen molar-refractivity contribution in [1.82, 2.24) is 9.97 Å². The van der Waals surface area contributed by atoms with Gasteiger partial charge in [0, 0.05) is 23.8 Å². The second-order valence-corrected chi connectivity index (χ2v) is 7.43. The van der Waals surface area contributed by atoms with Gasteiger partial charge in [0.1, 0.15) is 0 Å². The first-order valence-electron chi connectivity index (χ1n) is 8.21. The largest absolute Gasteiger partial charge is 0.261 e. The molecule has 2 heterocycles. The van der Waals surface area contributed by atoms with Gasteiger partial charge in [-0.05, 0) is 46.9 Å². The first-order chi connectivity index (χ1) is 10.3. The lowest BCUT2D eigenvalue weighted by molar-refractivity contribution is 0.518. The highest BCUT2D eigenvalue weighted by Gasteiger charge is 2.22. The maximum Gasteiger partial charge on any atom is 0.0429 e. The Balaban J connectivity index is 2.15. The molecule has 0 fully saturated rings. The number of hydrogen-bond acceptors (Lipinski definition) is 2. The van der Waals surface area contributed by atoms with E-state index in [0.717, 1.165) is 17.8 Å². The van der Waals surface area contributed by atoms with Crippen molar-refractivity contribution < 1.29 is 0 Å². The van der Waals surface area contributed by atoms with Crippen LogP contribution in [-0.4, -0.2) is 9.97 Å². The molecule has 0 radical (unpaired) electrons. The van der Waals surface area contributed by atoms with Gasteiger partial charge in [0.15, 0.2) is 0 Å². The Morgan fingerprint density at radius 3 is 1.77 bits per heavy atom. The highest BCUT2D eigenvalue weighted by molar-refractivity contribution is 5.27. The minimum Gasteiger partial charge on any atom is -0.261 e. The number of aromatic nitrogens is 2. The zero-order valence-corrected chi connectivity index (χ0v) is 14.7. The summed E-state index contributed by atoms with van der Waals surface area (Å²) in [5.41, 5.74) is 4.93. The summed E-state index contributed by atoms with van der Waals surface area (Å²) in [6.45, 7) is 13.2. The van der Waals surface area contributed by atoms with Crippen LogP contribution in [0.3, 0.4) is 0 Å². The molecule has 0 spiro atoms. The standard InChI is InChI=1S/C20H28N2/c1-14(2)18-9-7-16(12-21-18)11-20(5,6)17-8-10-19(15(3)4)22-13-17/h7-10,12-15H,11H2,1-6H3. The van der Waals surface area contributed by atoms with Crippen LogP contribution in [-0.2, 0) is 11.8 Å². The molecule has 0 aliphatic rings. The van der Waals surface area contributed by atoms with Crippen molar-refractivity contribution >= 4 is 0 Å². The molecule has 0 aliphatic carbocycles. The lowest BCUT2D eigenvalue weighted by atomic mass is 9.80. The average Bonchev–Trinajstić information content (AvgIpc) is 2.47. The third-order valence-electron chi connectivity index (χ3n) is 4.24. The molecule has 0 unspecified atom stereocenters. The Morgan fingerprint density at radius 1 is 0.818 bits per heavy atom. The number of pyridine rings is 2. The van der Waals surface area contributed by atoms with Crippen LogP contribution in [0.4, 0.5) is 0 Å². The second-order valence-electron chi connectivity index (χ2n) is 7.43. The molecule has 2 aromatic rings. The van der Waals surface area contributed by atoms with Gasteiger partial charge in [-0.15, -0.1) is 0 Å². The number of nitrogens with zero attached hydrogens (tertiary/aromatic N) is 2.